The van der Waals surface area contributed by atoms with Crippen LogP contribution < -0.4 is 10.2 Å². The number of anilines is 1. The molecular weight excluding hydrogens is 268 g/mol. The topological polar surface area (TPSA) is 41.1 Å². The van der Waals surface area contributed by atoms with E-state index in [4.69, 9.17) is 4.98 Å². The zero-order valence-corrected chi connectivity index (χ0v) is 13.4. The third-order valence-corrected chi connectivity index (χ3v) is 4.39. The smallest absolute Gasteiger partial charge is 0.186 e. The minimum Gasteiger partial charge on any atom is -0.342 e. The molecule has 0 amide bonds. The zero-order valence-electron chi connectivity index (χ0n) is 12.6. The third-order valence-electron chi connectivity index (χ3n) is 3.17. The van der Waals surface area contributed by atoms with Crippen LogP contribution in [0.25, 0.3) is 0 Å². The van der Waals surface area contributed by atoms with Crippen molar-refractivity contribution in [1.29, 1.82) is 0 Å². The van der Waals surface area contributed by atoms with E-state index >= 15 is 0 Å². The predicted octanol–water partition coefficient (Wildman–Crippen LogP) is 2.90. The molecule has 0 aliphatic rings. The summed E-state index contributed by atoms with van der Waals surface area (Å²) in [6, 6.07) is 6.16. The first-order chi connectivity index (χ1) is 9.63. The Labute approximate surface area is 124 Å². The fourth-order valence-electron chi connectivity index (χ4n) is 2.07. The fraction of sp³-hybridized carbons (Fsp3) is 0.467. The Morgan fingerprint density at radius 3 is 2.70 bits per heavy atom. The number of rotatable bonds is 6. The van der Waals surface area contributed by atoms with Gasteiger partial charge in [-0.25, -0.2) is 4.98 Å². The highest BCUT2D eigenvalue weighted by Crippen LogP contribution is 2.26. The maximum Gasteiger partial charge on any atom is 0.186 e. The van der Waals surface area contributed by atoms with Crippen LogP contribution >= 0.6 is 11.3 Å². The van der Waals surface area contributed by atoms with Gasteiger partial charge in [-0.1, -0.05) is 6.07 Å². The first kappa shape index (κ1) is 14.9. The second-order valence-electron chi connectivity index (χ2n) is 4.82. The van der Waals surface area contributed by atoms with Crippen LogP contribution in [0, 0.1) is 13.8 Å². The van der Waals surface area contributed by atoms with Gasteiger partial charge in [0.2, 0.25) is 0 Å². The lowest BCUT2D eigenvalue weighted by Gasteiger charge is -2.19. The van der Waals surface area contributed by atoms with Crippen LogP contribution in [-0.2, 0) is 13.1 Å². The van der Waals surface area contributed by atoms with Crippen LogP contribution in [0.2, 0.25) is 0 Å². The average molecular weight is 290 g/mol. The molecule has 2 rings (SSSR count). The molecule has 0 atom stereocenters. The maximum atomic E-state index is 4.70. The molecule has 4 nitrogen and oxygen atoms in total. The Hall–Kier alpha value is -1.46. The monoisotopic (exact) mass is 290 g/mol. The van der Waals surface area contributed by atoms with Crippen molar-refractivity contribution in [2.75, 3.05) is 18.5 Å². The Balaban J connectivity index is 2.17. The van der Waals surface area contributed by atoms with E-state index in [2.05, 4.69) is 41.2 Å². The number of nitrogens with zero attached hydrogens (tertiary/aromatic N) is 3. The molecule has 0 saturated carbocycles. The van der Waals surface area contributed by atoms with Gasteiger partial charge in [-0.05, 0) is 40.0 Å². The van der Waals surface area contributed by atoms with Crippen molar-refractivity contribution in [2.24, 2.45) is 0 Å². The molecule has 0 unspecified atom stereocenters. The number of aromatic nitrogens is 2. The Morgan fingerprint density at radius 1 is 1.25 bits per heavy atom. The van der Waals surface area contributed by atoms with Gasteiger partial charge in [0.1, 0.15) is 0 Å². The molecular formula is C15H22N4S. The van der Waals surface area contributed by atoms with Crippen LogP contribution in [-0.4, -0.2) is 23.6 Å². The second kappa shape index (κ2) is 6.81. The first-order valence-corrected chi connectivity index (χ1v) is 7.74. The standard InChI is InChI=1S/C15H22N4S/c1-5-19(10-13-8-6-7-11(2)17-13)15-18-12(3)14(20-15)9-16-4/h6-8,16H,5,9-10H2,1-4H3. The van der Waals surface area contributed by atoms with E-state index in [0.717, 1.165) is 41.8 Å². The van der Waals surface area contributed by atoms with E-state index in [1.807, 2.05) is 20.0 Å². The number of pyridine rings is 1. The fourth-order valence-corrected chi connectivity index (χ4v) is 3.21. The van der Waals surface area contributed by atoms with Gasteiger partial charge in [-0.3, -0.25) is 4.98 Å². The Bertz CT molecular complexity index is 565. The zero-order chi connectivity index (χ0) is 14.5. The van der Waals surface area contributed by atoms with E-state index in [1.165, 1.54) is 4.88 Å². The van der Waals surface area contributed by atoms with E-state index in [1.54, 1.807) is 11.3 Å². The summed E-state index contributed by atoms with van der Waals surface area (Å²) in [5.41, 5.74) is 3.27. The van der Waals surface area contributed by atoms with Gasteiger partial charge in [-0.2, -0.15) is 0 Å². The van der Waals surface area contributed by atoms with E-state index in [0.29, 0.717) is 0 Å². The summed E-state index contributed by atoms with van der Waals surface area (Å²) < 4.78 is 0. The molecule has 2 aromatic heterocycles. The molecule has 0 saturated heterocycles. The molecule has 0 spiro atoms. The molecule has 5 heteroatoms. The van der Waals surface area contributed by atoms with Gasteiger partial charge in [0.05, 0.1) is 17.9 Å². The summed E-state index contributed by atoms with van der Waals surface area (Å²) >= 11 is 1.76. The number of thiazole rings is 1. The molecule has 0 aromatic carbocycles. The summed E-state index contributed by atoms with van der Waals surface area (Å²) in [6.45, 7) is 8.88. The van der Waals surface area contributed by atoms with Crippen LogP contribution in [0.4, 0.5) is 5.13 Å². The molecule has 0 radical (unpaired) electrons. The predicted molar refractivity (Wildman–Crippen MR) is 85.3 cm³/mol. The summed E-state index contributed by atoms with van der Waals surface area (Å²) in [7, 11) is 1.97. The minimum absolute atomic E-state index is 0.810. The van der Waals surface area contributed by atoms with Gasteiger partial charge in [0, 0.05) is 23.7 Å². The van der Waals surface area contributed by atoms with Crippen LogP contribution in [0.15, 0.2) is 18.2 Å². The highest BCUT2D eigenvalue weighted by Gasteiger charge is 2.13. The van der Waals surface area contributed by atoms with Crippen molar-refractivity contribution in [3.8, 4) is 0 Å². The molecule has 20 heavy (non-hydrogen) atoms. The van der Waals surface area contributed by atoms with E-state index in [-0.39, 0.29) is 0 Å². The molecule has 108 valence electrons. The lowest BCUT2D eigenvalue weighted by molar-refractivity contribution is 0.798. The molecule has 2 aromatic rings. The van der Waals surface area contributed by atoms with Gasteiger partial charge in [0.25, 0.3) is 0 Å². The lowest BCUT2D eigenvalue weighted by atomic mass is 10.3. The van der Waals surface area contributed by atoms with Crippen molar-refractivity contribution in [3.63, 3.8) is 0 Å². The minimum atomic E-state index is 0.810. The molecule has 0 fully saturated rings. The average Bonchev–Trinajstić information content (AvgIpc) is 2.78. The highest BCUT2D eigenvalue weighted by atomic mass is 32.1. The quantitative estimate of drug-likeness (QED) is 0.888. The number of nitrogens with one attached hydrogen (secondary N) is 1. The largest absolute Gasteiger partial charge is 0.342 e. The SMILES string of the molecule is CCN(Cc1cccc(C)n1)c1nc(C)c(CNC)s1. The highest BCUT2D eigenvalue weighted by molar-refractivity contribution is 7.15. The molecule has 1 N–H and O–H groups in total. The van der Waals surface area contributed by atoms with Crippen LogP contribution in [0.5, 0.6) is 0 Å². The third kappa shape index (κ3) is 3.55. The molecule has 2 heterocycles. The van der Waals surface area contributed by atoms with Gasteiger partial charge in [0.15, 0.2) is 5.13 Å². The Morgan fingerprint density at radius 2 is 2.05 bits per heavy atom. The summed E-state index contributed by atoms with van der Waals surface area (Å²) in [4.78, 5) is 12.9. The number of hydrogen-bond donors (Lipinski definition) is 1. The normalized spacial score (nSPS) is 10.8. The summed E-state index contributed by atoms with van der Waals surface area (Å²) in [5.74, 6) is 0. The van der Waals surface area contributed by atoms with Gasteiger partial charge < -0.3 is 10.2 Å². The lowest BCUT2D eigenvalue weighted by Crippen LogP contribution is -2.22. The van der Waals surface area contributed by atoms with E-state index in [9.17, 15) is 0 Å². The van der Waals surface area contributed by atoms with Crippen molar-refractivity contribution < 1.29 is 0 Å². The second-order valence-corrected chi connectivity index (χ2v) is 5.88. The molecule has 0 aliphatic carbocycles. The van der Waals surface area contributed by atoms with Crippen molar-refractivity contribution >= 4 is 16.5 Å². The van der Waals surface area contributed by atoms with Crippen molar-refractivity contribution in [2.45, 2.75) is 33.9 Å². The Kier molecular flexibility index (Phi) is 5.09. The van der Waals surface area contributed by atoms with Crippen LogP contribution in [0.3, 0.4) is 0 Å². The number of hydrogen-bond acceptors (Lipinski definition) is 5. The van der Waals surface area contributed by atoms with Gasteiger partial charge >= 0.3 is 0 Å². The van der Waals surface area contributed by atoms with Crippen molar-refractivity contribution in [3.05, 3.63) is 40.2 Å². The summed E-state index contributed by atoms with van der Waals surface area (Å²) in [6.07, 6.45) is 0. The number of aryl methyl sites for hydroxylation is 2. The van der Waals surface area contributed by atoms with Crippen LogP contribution in [0.1, 0.15) is 28.9 Å². The van der Waals surface area contributed by atoms with E-state index < -0.39 is 0 Å². The molecule has 0 bridgehead atoms. The molecule has 0 aliphatic heterocycles. The van der Waals surface area contributed by atoms with Gasteiger partial charge in [-0.15, -0.1) is 11.3 Å². The maximum absolute atomic E-state index is 4.70. The van der Waals surface area contributed by atoms with Crippen molar-refractivity contribution in [1.82, 2.24) is 15.3 Å². The summed E-state index contributed by atoms with van der Waals surface area (Å²) in [5, 5.41) is 4.27. The first-order valence-electron chi connectivity index (χ1n) is 6.92.